The topological polar surface area (TPSA) is 105 Å². The molecule has 0 spiro atoms. The van der Waals surface area contributed by atoms with Gasteiger partial charge in [-0.15, -0.1) is 0 Å². The average molecular weight is 425 g/mol. The number of aliphatic imine (C=N–C) groups is 1. The first-order valence-electron chi connectivity index (χ1n) is 9.73. The maximum Gasteiger partial charge on any atom is 0.209 e. The van der Waals surface area contributed by atoms with E-state index in [0.717, 1.165) is 28.7 Å². The smallest absolute Gasteiger partial charge is 0.209 e. The number of sulfonamides is 1. The highest BCUT2D eigenvalue weighted by atomic mass is 32.2. The van der Waals surface area contributed by atoms with Gasteiger partial charge in [-0.25, -0.2) is 13.1 Å². The van der Waals surface area contributed by atoms with E-state index in [2.05, 4.69) is 20.3 Å². The van der Waals surface area contributed by atoms with Crippen LogP contribution >= 0.6 is 0 Å². The van der Waals surface area contributed by atoms with Gasteiger partial charge in [0.05, 0.1) is 25.4 Å². The molecule has 0 fully saturated rings. The molecule has 2 rings (SSSR count). The van der Waals surface area contributed by atoms with Crippen molar-refractivity contribution in [2.24, 2.45) is 4.99 Å². The summed E-state index contributed by atoms with van der Waals surface area (Å²) in [6, 6.07) is 7.64. The Morgan fingerprint density at radius 3 is 2.66 bits per heavy atom. The van der Waals surface area contributed by atoms with Crippen LogP contribution in [0, 0.1) is 0 Å². The fourth-order valence-corrected chi connectivity index (χ4v) is 4.01. The Morgan fingerprint density at radius 1 is 1.31 bits per heavy atom. The Bertz CT molecular complexity index is 951. The average Bonchev–Trinajstić information content (AvgIpc) is 3.03. The maximum absolute atomic E-state index is 11.5. The molecular weight excluding hydrogens is 392 g/mol. The molecule has 162 valence electrons. The first-order valence-corrected chi connectivity index (χ1v) is 11.6. The molecule has 0 aliphatic heterocycles. The van der Waals surface area contributed by atoms with Crippen LogP contribution in [-0.4, -0.2) is 45.9 Å². The molecule has 0 aliphatic rings. The molecule has 0 saturated carbocycles. The van der Waals surface area contributed by atoms with E-state index < -0.39 is 15.6 Å². The molecule has 1 atom stereocenters. The number of rotatable bonds is 9. The van der Waals surface area contributed by atoms with Crippen molar-refractivity contribution in [1.29, 1.82) is 0 Å². The number of benzene rings is 1. The Hall–Kier alpha value is -2.26. The lowest BCUT2D eigenvalue weighted by atomic mass is 10.1. The Labute approximate surface area is 173 Å². The largest absolute Gasteiger partial charge is 0.490 e. The zero-order valence-corrected chi connectivity index (χ0v) is 18.8. The van der Waals surface area contributed by atoms with Crippen molar-refractivity contribution >= 4 is 27.0 Å². The summed E-state index contributed by atoms with van der Waals surface area (Å²) in [7, 11) is -3.32. The van der Waals surface area contributed by atoms with E-state index in [1.807, 2.05) is 45.0 Å². The van der Waals surface area contributed by atoms with Crippen LogP contribution in [0.2, 0.25) is 0 Å². The van der Waals surface area contributed by atoms with E-state index in [1.54, 1.807) is 13.8 Å². The van der Waals surface area contributed by atoms with Crippen LogP contribution in [0.1, 0.15) is 46.4 Å². The fraction of sp³-hybridized carbons (Fsp3) is 0.550. The molecule has 8 nitrogen and oxygen atoms in total. The highest BCUT2D eigenvalue weighted by Crippen LogP contribution is 2.31. The van der Waals surface area contributed by atoms with Gasteiger partial charge in [0, 0.05) is 17.5 Å². The summed E-state index contributed by atoms with van der Waals surface area (Å²) in [5.74, 6) is 2.05. The molecule has 29 heavy (non-hydrogen) atoms. The van der Waals surface area contributed by atoms with E-state index in [0.29, 0.717) is 19.1 Å². The van der Waals surface area contributed by atoms with E-state index in [9.17, 15) is 8.42 Å². The van der Waals surface area contributed by atoms with Crippen LogP contribution < -0.4 is 20.1 Å². The number of fused-ring (bicyclic) bond motifs is 1. The van der Waals surface area contributed by atoms with Crippen molar-refractivity contribution in [1.82, 2.24) is 15.4 Å². The molecule has 2 aromatic rings. The fourth-order valence-electron chi connectivity index (χ4n) is 2.95. The second-order valence-electron chi connectivity index (χ2n) is 7.58. The van der Waals surface area contributed by atoms with Crippen LogP contribution in [0.15, 0.2) is 33.7 Å². The minimum absolute atomic E-state index is 0.152. The molecule has 1 unspecified atom stereocenters. The van der Waals surface area contributed by atoms with Gasteiger partial charge >= 0.3 is 0 Å². The Morgan fingerprint density at radius 2 is 2.03 bits per heavy atom. The summed E-state index contributed by atoms with van der Waals surface area (Å²) < 4.78 is 37.3. The number of nitrogens with zero attached hydrogens (tertiary/aromatic N) is 1. The standard InChI is InChI=1S/C20H32N4O4S/c1-7-21-19(22-13-20(4,5)24-29(6,25)26)23-14(3)17-12-15-10-9-11-16(27-8-2)18(15)28-17/h9-12,14,24H,7-8,13H2,1-6H3,(H2,21,22,23). The second kappa shape index (κ2) is 9.49. The van der Waals surface area contributed by atoms with E-state index in [4.69, 9.17) is 9.15 Å². The third-order valence-corrected chi connectivity index (χ3v) is 4.97. The normalized spacial score (nSPS) is 14.1. The van der Waals surface area contributed by atoms with Crippen LogP contribution in [-0.2, 0) is 10.0 Å². The van der Waals surface area contributed by atoms with Gasteiger partial charge in [0.2, 0.25) is 10.0 Å². The first-order chi connectivity index (χ1) is 13.5. The molecule has 3 N–H and O–H groups in total. The summed E-state index contributed by atoms with van der Waals surface area (Å²) in [5, 5.41) is 7.46. The lowest BCUT2D eigenvalue weighted by Crippen LogP contribution is -2.47. The van der Waals surface area contributed by atoms with E-state index >= 15 is 0 Å². The summed E-state index contributed by atoms with van der Waals surface area (Å²) in [6.07, 6.45) is 1.14. The molecule has 9 heteroatoms. The first kappa shape index (κ1) is 23.0. The quantitative estimate of drug-likeness (QED) is 0.422. The number of ether oxygens (including phenoxy) is 1. The molecule has 1 aromatic heterocycles. The number of guanidine groups is 1. The molecule has 1 aromatic carbocycles. The highest BCUT2D eigenvalue weighted by Gasteiger charge is 2.22. The highest BCUT2D eigenvalue weighted by molar-refractivity contribution is 7.88. The van der Waals surface area contributed by atoms with Crippen LogP contribution in [0.5, 0.6) is 5.75 Å². The van der Waals surface area contributed by atoms with E-state index in [1.165, 1.54) is 0 Å². The van der Waals surface area contributed by atoms with Gasteiger partial charge < -0.3 is 19.8 Å². The number of nitrogens with one attached hydrogen (secondary N) is 3. The van der Waals surface area contributed by atoms with Crippen molar-refractivity contribution in [3.05, 3.63) is 30.0 Å². The molecule has 0 amide bonds. The predicted octanol–water partition coefficient (Wildman–Crippen LogP) is 2.78. The van der Waals surface area contributed by atoms with Gasteiger partial charge in [-0.05, 0) is 46.8 Å². The summed E-state index contributed by atoms with van der Waals surface area (Å²) in [5.41, 5.74) is 0.0173. The van der Waals surface area contributed by atoms with Crippen molar-refractivity contribution < 1.29 is 17.6 Å². The van der Waals surface area contributed by atoms with Crippen LogP contribution in [0.4, 0.5) is 0 Å². The lowest BCUT2D eigenvalue weighted by Gasteiger charge is -2.24. The van der Waals surface area contributed by atoms with Gasteiger partial charge in [0.25, 0.3) is 0 Å². The van der Waals surface area contributed by atoms with Gasteiger partial charge in [0.1, 0.15) is 5.76 Å². The summed E-state index contributed by atoms with van der Waals surface area (Å²) in [6.45, 7) is 11.0. The number of hydrogen-bond acceptors (Lipinski definition) is 5. The second-order valence-corrected chi connectivity index (χ2v) is 9.32. The predicted molar refractivity (Wildman–Crippen MR) is 117 cm³/mol. The number of para-hydroxylation sites is 1. The van der Waals surface area contributed by atoms with Gasteiger partial charge in [-0.3, -0.25) is 4.99 Å². The maximum atomic E-state index is 11.5. The van der Waals surface area contributed by atoms with Gasteiger partial charge in [0.15, 0.2) is 17.3 Å². The molecule has 0 saturated heterocycles. The van der Waals surface area contributed by atoms with Crippen molar-refractivity contribution in [3.63, 3.8) is 0 Å². The van der Waals surface area contributed by atoms with Crippen LogP contribution in [0.25, 0.3) is 11.0 Å². The molecular formula is C20H32N4O4S. The molecule has 0 aliphatic carbocycles. The molecule has 0 bridgehead atoms. The summed E-state index contributed by atoms with van der Waals surface area (Å²) in [4.78, 5) is 4.54. The minimum atomic E-state index is -3.32. The zero-order valence-electron chi connectivity index (χ0n) is 18.0. The number of hydrogen-bond donors (Lipinski definition) is 3. The van der Waals surface area contributed by atoms with Crippen molar-refractivity contribution in [3.8, 4) is 5.75 Å². The summed E-state index contributed by atoms with van der Waals surface area (Å²) >= 11 is 0. The minimum Gasteiger partial charge on any atom is -0.490 e. The van der Waals surface area contributed by atoms with Gasteiger partial charge in [-0.1, -0.05) is 12.1 Å². The van der Waals surface area contributed by atoms with Crippen LogP contribution in [0.3, 0.4) is 0 Å². The van der Waals surface area contributed by atoms with E-state index in [-0.39, 0.29) is 12.6 Å². The molecule has 1 heterocycles. The van der Waals surface area contributed by atoms with Crippen molar-refractivity contribution in [2.45, 2.75) is 46.2 Å². The van der Waals surface area contributed by atoms with Crippen molar-refractivity contribution in [2.75, 3.05) is 26.0 Å². The zero-order chi connectivity index (χ0) is 21.7. The Kier molecular flexibility index (Phi) is 7.54. The molecule has 0 radical (unpaired) electrons. The SMILES string of the molecule is CCNC(=NCC(C)(C)NS(C)(=O)=O)NC(C)c1cc2cccc(OCC)c2o1. The lowest BCUT2D eigenvalue weighted by molar-refractivity contribution is 0.336. The number of furan rings is 1. The third-order valence-electron chi connectivity index (χ3n) is 4.05. The third kappa shape index (κ3) is 6.93. The van der Waals surface area contributed by atoms with Gasteiger partial charge in [-0.2, -0.15) is 0 Å². The monoisotopic (exact) mass is 424 g/mol. The Balaban J connectivity index is 2.17.